The third-order valence-electron chi connectivity index (χ3n) is 3.88. The van der Waals surface area contributed by atoms with Crippen molar-refractivity contribution in [1.82, 2.24) is 4.57 Å². The highest BCUT2D eigenvalue weighted by Gasteiger charge is 2.16. The summed E-state index contributed by atoms with van der Waals surface area (Å²) in [5, 5.41) is 5.59. The number of fused-ring (bicyclic) bond motifs is 1. The average molecular weight is 327 g/mol. The summed E-state index contributed by atoms with van der Waals surface area (Å²) < 4.78 is 7.49. The molecule has 2 amide bonds. The second-order valence-corrected chi connectivity index (χ2v) is 5.83. The molecule has 0 radical (unpaired) electrons. The predicted octanol–water partition coefficient (Wildman–Crippen LogP) is 3.02. The smallest absolute Gasteiger partial charge is 0.262 e. The lowest BCUT2D eigenvalue weighted by Gasteiger charge is -2.18. The number of aromatic nitrogens is 1. The highest BCUT2D eigenvalue weighted by atomic mass is 16.5. The average Bonchev–Trinajstić information content (AvgIpc) is 3.08. The van der Waals surface area contributed by atoms with Gasteiger partial charge < -0.3 is 19.9 Å². The molecule has 6 nitrogen and oxygen atoms in total. The molecule has 1 aliphatic heterocycles. The van der Waals surface area contributed by atoms with Gasteiger partial charge in [-0.1, -0.05) is 6.42 Å². The molecule has 24 heavy (non-hydrogen) atoms. The third kappa shape index (κ3) is 4.38. The maximum Gasteiger partial charge on any atom is 0.262 e. The number of ether oxygens (including phenoxy) is 1. The Morgan fingerprint density at radius 1 is 1.21 bits per heavy atom. The van der Waals surface area contributed by atoms with Gasteiger partial charge in [0.05, 0.1) is 5.69 Å². The quantitative estimate of drug-likeness (QED) is 0.768. The van der Waals surface area contributed by atoms with E-state index in [2.05, 4.69) is 15.2 Å². The Balaban J connectivity index is 1.39. The fourth-order valence-corrected chi connectivity index (χ4v) is 2.65. The number of hydrogen-bond donors (Lipinski definition) is 2. The first-order valence-corrected chi connectivity index (χ1v) is 8.18. The number of rotatable bonds is 7. The molecule has 0 fully saturated rings. The maximum atomic E-state index is 12.0. The largest absolute Gasteiger partial charge is 0.482 e. The van der Waals surface area contributed by atoms with Crippen molar-refractivity contribution in [2.45, 2.75) is 32.2 Å². The first-order valence-electron chi connectivity index (χ1n) is 8.18. The molecule has 2 N–H and O–H groups in total. The number of nitrogens with one attached hydrogen (secondary N) is 2. The zero-order chi connectivity index (χ0) is 16.8. The Morgan fingerprint density at radius 3 is 2.88 bits per heavy atom. The van der Waals surface area contributed by atoms with Gasteiger partial charge in [0.1, 0.15) is 5.75 Å². The lowest BCUT2D eigenvalue weighted by molar-refractivity contribution is -0.118. The van der Waals surface area contributed by atoms with Gasteiger partial charge in [0.2, 0.25) is 5.91 Å². The fourth-order valence-electron chi connectivity index (χ4n) is 2.65. The molecule has 1 aromatic carbocycles. The van der Waals surface area contributed by atoms with Crippen molar-refractivity contribution in [3.8, 4) is 5.75 Å². The highest BCUT2D eigenvalue weighted by Crippen LogP contribution is 2.30. The second-order valence-electron chi connectivity index (χ2n) is 5.83. The molecule has 6 heteroatoms. The third-order valence-corrected chi connectivity index (χ3v) is 3.88. The molecule has 0 unspecified atom stereocenters. The summed E-state index contributed by atoms with van der Waals surface area (Å²) in [4.78, 5) is 23.2. The van der Waals surface area contributed by atoms with E-state index in [0.29, 0.717) is 23.5 Å². The predicted molar refractivity (Wildman–Crippen MR) is 92.1 cm³/mol. The van der Waals surface area contributed by atoms with E-state index < -0.39 is 0 Å². The molecule has 0 bridgehead atoms. The molecule has 0 saturated heterocycles. The number of aryl methyl sites for hydroxylation is 1. The van der Waals surface area contributed by atoms with Crippen molar-refractivity contribution in [2.75, 3.05) is 17.2 Å². The molecular weight excluding hydrogens is 306 g/mol. The minimum atomic E-state index is -0.167. The first kappa shape index (κ1) is 16.1. The summed E-state index contributed by atoms with van der Waals surface area (Å²) in [6.45, 7) is 0.994. The van der Waals surface area contributed by atoms with Gasteiger partial charge in [0.15, 0.2) is 6.61 Å². The molecule has 3 rings (SSSR count). The van der Waals surface area contributed by atoms with Gasteiger partial charge in [-0.2, -0.15) is 0 Å². The number of carbonyl (C=O) groups is 2. The minimum absolute atomic E-state index is 0.00393. The Kier molecular flexibility index (Phi) is 5.15. The molecular formula is C18H21N3O3. The number of benzene rings is 1. The van der Waals surface area contributed by atoms with Crippen molar-refractivity contribution in [2.24, 2.45) is 0 Å². The van der Waals surface area contributed by atoms with E-state index in [-0.39, 0.29) is 18.4 Å². The number of carbonyl (C=O) groups excluding carboxylic acids is 2. The summed E-state index contributed by atoms with van der Waals surface area (Å²) in [7, 11) is 0. The van der Waals surface area contributed by atoms with Crippen LogP contribution in [-0.2, 0) is 16.1 Å². The van der Waals surface area contributed by atoms with Crippen molar-refractivity contribution in [1.29, 1.82) is 0 Å². The van der Waals surface area contributed by atoms with Crippen LogP contribution in [0.4, 0.5) is 11.4 Å². The second kappa shape index (κ2) is 7.68. The summed E-state index contributed by atoms with van der Waals surface area (Å²) in [6.07, 6.45) is 7.55. The van der Waals surface area contributed by atoms with Crippen LogP contribution in [0.2, 0.25) is 0 Å². The van der Waals surface area contributed by atoms with Crippen LogP contribution in [0, 0.1) is 0 Å². The zero-order valence-corrected chi connectivity index (χ0v) is 13.5. The van der Waals surface area contributed by atoms with Crippen molar-refractivity contribution < 1.29 is 14.3 Å². The number of unbranched alkanes of at least 4 members (excludes halogenated alkanes) is 2. The van der Waals surface area contributed by atoms with Gasteiger partial charge in [-0.25, -0.2) is 0 Å². The van der Waals surface area contributed by atoms with Gasteiger partial charge in [0, 0.05) is 37.1 Å². The van der Waals surface area contributed by atoms with E-state index in [4.69, 9.17) is 4.74 Å². The molecule has 0 saturated carbocycles. The van der Waals surface area contributed by atoms with Crippen LogP contribution in [0.1, 0.15) is 25.7 Å². The number of hydrogen-bond acceptors (Lipinski definition) is 3. The van der Waals surface area contributed by atoms with Gasteiger partial charge in [-0.05, 0) is 37.1 Å². The minimum Gasteiger partial charge on any atom is -0.482 e. The van der Waals surface area contributed by atoms with Crippen molar-refractivity contribution in [3.63, 3.8) is 0 Å². The van der Waals surface area contributed by atoms with E-state index in [0.717, 1.165) is 25.8 Å². The van der Waals surface area contributed by atoms with E-state index in [1.165, 1.54) is 0 Å². The molecule has 0 atom stereocenters. The van der Waals surface area contributed by atoms with Gasteiger partial charge in [-0.3, -0.25) is 9.59 Å². The molecule has 126 valence electrons. The highest BCUT2D eigenvalue weighted by molar-refractivity contribution is 5.97. The van der Waals surface area contributed by atoms with Crippen LogP contribution in [0.25, 0.3) is 0 Å². The molecule has 2 heterocycles. The van der Waals surface area contributed by atoms with Gasteiger partial charge >= 0.3 is 0 Å². The lowest BCUT2D eigenvalue weighted by Crippen LogP contribution is -2.25. The van der Waals surface area contributed by atoms with Crippen LogP contribution in [0.5, 0.6) is 5.75 Å². The maximum absolute atomic E-state index is 12.0. The summed E-state index contributed by atoms with van der Waals surface area (Å²) in [5.41, 5.74) is 1.32. The molecule has 1 aromatic heterocycles. The van der Waals surface area contributed by atoms with Crippen LogP contribution >= 0.6 is 0 Å². The monoisotopic (exact) mass is 327 g/mol. The number of amides is 2. The normalized spacial score (nSPS) is 12.9. The van der Waals surface area contributed by atoms with Crippen molar-refractivity contribution in [3.05, 3.63) is 42.7 Å². The zero-order valence-electron chi connectivity index (χ0n) is 13.5. The first-order chi connectivity index (χ1) is 11.7. The molecule has 0 spiro atoms. The van der Waals surface area contributed by atoms with E-state index in [9.17, 15) is 9.59 Å². The SMILES string of the molecule is O=C(CCCCCn1cccc1)Nc1ccc2c(c1)OCC(=O)N2. The van der Waals surface area contributed by atoms with Crippen LogP contribution in [-0.4, -0.2) is 23.0 Å². The van der Waals surface area contributed by atoms with Gasteiger partial charge in [0.25, 0.3) is 5.91 Å². The fraction of sp³-hybridized carbons (Fsp3) is 0.333. The Hall–Kier alpha value is -2.76. The summed E-state index contributed by atoms with van der Waals surface area (Å²) in [6, 6.07) is 9.26. The Labute approximate surface area is 140 Å². The van der Waals surface area contributed by atoms with E-state index in [1.807, 2.05) is 24.5 Å². The van der Waals surface area contributed by atoms with E-state index in [1.54, 1.807) is 18.2 Å². The standard InChI is InChI=1S/C18H21N3O3/c22-17(6-2-1-3-9-21-10-4-5-11-21)19-14-7-8-15-16(12-14)24-13-18(23)20-15/h4-5,7-8,10-12H,1-3,6,9,13H2,(H,19,22)(H,20,23). The molecule has 1 aliphatic rings. The summed E-state index contributed by atoms with van der Waals surface area (Å²) >= 11 is 0. The number of nitrogens with zero attached hydrogens (tertiary/aromatic N) is 1. The van der Waals surface area contributed by atoms with Gasteiger partial charge in [-0.15, -0.1) is 0 Å². The van der Waals surface area contributed by atoms with Crippen LogP contribution in [0.3, 0.4) is 0 Å². The summed E-state index contributed by atoms with van der Waals surface area (Å²) in [5.74, 6) is 0.411. The Bertz CT molecular complexity index is 710. The molecule has 2 aromatic rings. The molecule has 0 aliphatic carbocycles. The lowest BCUT2D eigenvalue weighted by atomic mass is 10.1. The van der Waals surface area contributed by atoms with Crippen LogP contribution in [0.15, 0.2) is 42.7 Å². The van der Waals surface area contributed by atoms with Crippen LogP contribution < -0.4 is 15.4 Å². The van der Waals surface area contributed by atoms with E-state index >= 15 is 0 Å². The Morgan fingerprint density at radius 2 is 2.04 bits per heavy atom. The number of anilines is 2. The topological polar surface area (TPSA) is 72.4 Å². The van der Waals surface area contributed by atoms with Crippen molar-refractivity contribution >= 4 is 23.2 Å².